The molecule has 180 valence electrons. The molecule has 3 aromatic carbocycles. The smallest absolute Gasteiger partial charge is 1.00 e. The van der Waals surface area contributed by atoms with Gasteiger partial charge in [-0.2, -0.15) is 0 Å². The third-order valence-corrected chi connectivity index (χ3v) is 4.71. The van der Waals surface area contributed by atoms with Crippen molar-refractivity contribution in [1.29, 1.82) is 0 Å². The van der Waals surface area contributed by atoms with Crippen LogP contribution in [0.25, 0.3) is 0 Å². The summed E-state index contributed by atoms with van der Waals surface area (Å²) in [6.45, 7) is 6.81. The molecule has 0 radical (unpaired) electrons. The van der Waals surface area contributed by atoms with Crippen molar-refractivity contribution in [3.63, 3.8) is 0 Å². The normalized spacial score (nSPS) is 10.5. The average molecular weight is 503 g/mol. The summed E-state index contributed by atoms with van der Waals surface area (Å²) >= 11 is 0. The maximum Gasteiger partial charge on any atom is 1.00 e. The van der Waals surface area contributed by atoms with Gasteiger partial charge in [0, 0.05) is 5.69 Å². The van der Waals surface area contributed by atoms with Gasteiger partial charge in [0.25, 0.3) is 0 Å². The van der Waals surface area contributed by atoms with Crippen LogP contribution < -0.4 is 62.0 Å². The predicted molar refractivity (Wildman–Crippen MR) is 132 cm³/mol. The molecule has 0 aliphatic carbocycles. The number of hydrogen-bond acceptors (Lipinski definition) is 6. The second-order valence-electron chi connectivity index (χ2n) is 7.45. The number of hydrogen-bond donors (Lipinski definition) is 2. The van der Waals surface area contributed by atoms with Crippen molar-refractivity contribution in [3.8, 4) is 0 Å². The summed E-state index contributed by atoms with van der Waals surface area (Å²) in [7, 11) is 0. The first-order valence-corrected chi connectivity index (χ1v) is 11.1. The van der Waals surface area contributed by atoms with Crippen molar-refractivity contribution >= 4 is 23.5 Å². The Kier molecular flexibility index (Phi) is 15.0. The van der Waals surface area contributed by atoms with Crippen LogP contribution in [0.4, 0.5) is 5.69 Å². The molecule has 1 unspecified atom stereocenters. The molecule has 0 saturated carbocycles. The van der Waals surface area contributed by atoms with E-state index >= 15 is 0 Å². The summed E-state index contributed by atoms with van der Waals surface area (Å²) in [4.78, 5) is 43.7. The number of carbonyl (C=O) groups is 3. The average Bonchev–Trinajstić information content (AvgIpc) is 2.88. The predicted octanol–water partition coefficient (Wildman–Crippen LogP) is 2.05. The Labute approximate surface area is 250 Å². The maximum absolute atomic E-state index is 11.8. The van der Waals surface area contributed by atoms with Crippen LogP contribution in [0.1, 0.15) is 48.0 Å². The molecule has 0 heterocycles. The van der Waals surface area contributed by atoms with Gasteiger partial charge in [-0.15, -0.1) is 0 Å². The summed E-state index contributed by atoms with van der Waals surface area (Å²) in [6.07, 6.45) is 1.03. The van der Waals surface area contributed by atoms with Crippen molar-refractivity contribution in [3.05, 3.63) is 102 Å². The van der Waals surface area contributed by atoms with Gasteiger partial charge in [0.15, 0.2) is 0 Å². The van der Waals surface area contributed by atoms with E-state index in [-0.39, 0.29) is 64.8 Å². The van der Waals surface area contributed by atoms with Gasteiger partial charge in [0.2, 0.25) is 5.91 Å². The van der Waals surface area contributed by atoms with Crippen LogP contribution in [0, 0.1) is 6.92 Å². The Bertz CT molecular complexity index is 1020. The quantitative estimate of drug-likeness (QED) is 0.292. The largest absolute Gasteiger partial charge is 1.00 e. The third kappa shape index (κ3) is 11.3. The van der Waals surface area contributed by atoms with Crippen LogP contribution in [0.2, 0.25) is 0 Å². The van der Waals surface area contributed by atoms with Gasteiger partial charge in [-0.25, -0.2) is 19.4 Å². The molecular weight excluding hydrogens is 471 g/mol. The molecule has 0 fully saturated rings. The monoisotopic (exact) mass is 502 g/mol. The van der Waals surface area contributed by atoms with Crippen LogP contribution in [0.3, 0.4) is 0 Å². The van der Waals surface area contributed by atoms with E-state index in [1.54, 1.807) is 60.7 Å². The van der Waals surface area contributed by atoms with Crippen LogP contribution in [-0.4, -0.2) is 30.4 Å². The van der Waals surface area contributed by atoms with Crippen LogP contribution in [0.15, 0.2) is 84.9 Å². The molecule has 0 spiro atoms. The topological polar surface area (TPSA) is 93.7 Å². The molecule has 7 nitrogen and oxygen atoms in total. The van der Waals surface area contributed by atoms with Gasteiger partial charge >= 0.3 is 63.3 Å². The SMILES string of the molecule is CCCNC(C)C(=O)Nc1ccccc1C.O=C(OOC(=O)c1ccccc1)c1ccccc1.[H-].[K+]. The second kappa shape index (κ2) is 17.2. The standard InChI is InChI=1S/C14H10O4.C13H20N2O.K.H/c15-13(11-7-3-1-4-8-11)17-18-14(16)12-9-5-2-6-10-12;1-4-9-14-11(3)13(16)15-12-8-6-5-7-10(12)2;;/h1-10H;5-8,11,14H,4,9H2,1-3H3,(H,15,16);;/q;;+1;-1. The zero-order valence-electron chi connectivity index (χ0n) is 21.6. The zero-order chi connectivity index (χ0) is 24.8. The molecule has 0 aromatic heterocycles. The minimum atomic E-state index is -0.708. The number of carbonyl (C=O) groups excluding carboxylic acids is 3. The Morgan fingerprint density at radius 2 is 1.26 bits per heavy atom. The fourth-order valence-corrected chi connectivity index (χ4v) is 2.73. The molecule has 2 N–H and O–H groups in total. The van der Waals surface area contributed by atoms with Crippen molar-refractivity contribution in [2.24, 2.45) is 0 Å². The summed E-state index contributed by atoms with van der Waals surface area (Å²) < 4.78 is 0. The van der Waals surface area contributed by atoms with Crippen molar-refractivity contribution < 1.29 is 77.0 Å². The summed E-state index contributed by atoms with van der Waals surface area (Å²) in [5.74, 6) is -1.40. The number of nitrogens with one attached hydrogen (secondary N) is 2. The molecule has 1 atom stereocenters. The van der Waals surface area contributed by atoms with E-state index in [4.69, 9.17) is 0 Å². The number of rotatable bonds is 7. The van der Waals surface area contributed by atoms with E-state index in [2.05, 4.69) is 27.3 Å². The summed E-state index contributed by atoms with van der Waals surface area (Å²) in [6, 6.07) is 24.2. The Hall–Kier alpha value is -2.33. The van der Waals surface area contributed by atoms with E-state index in [0.717, 1.165) is 24.2 Å². The summed E-state index contributed by atoms with van der Waals surface area (Å²) in [5.41, 5.74) is 2.60. The van der Waals surface area contributed by atoms with Crippen molar-refractivity contribution in [2.45, 2.75) is 33.2 Å². The summed E-state index contributed by atoms with van der Waals surface area (Å²) in [5, 5.41) is 6.08. The van der Waals surface area contributed by atoms with Crippen LogP contribution in [0.5, 0.6) is 0 Å². The molecule has 35 heavy (non-hydrogen) atoms. The van der Waals surface area contributed by atoms with Crippen LogP contribution in [-0.2, 0) is 14.6 Å². The van der Waals surface area contributed by atoms with Gasteiger partial charge in [0.1, 0.15) is 0 Å². The van der Waals surface area contributed by atoms with E-state index in [0.29, 0.717) is 11.1 Å². The van der Waals surface area contributed by atoms with Crippen molar-refractivity contribution in [2.75, 3.05) is 11.9 Å². The number of aryl methyl sites for hydroxylation is 1. The fourth-order valence-electron chi connectivity index (χ4n) is 2.73. The zero-order valence-corrected chi connectivity index (χ0v) is 23.7. The van der Waals surface area contributed by atoms with Gasteiger partial charge in [0.05, 0.1) is 17.2 Å². The first-order valence-electron chi connectivity index (χ1n) is 11.1. The molecule has 8 heteroatoms. The van der Waals surface area contributed by atoms with E-state index in [1.807, 2.05) is 38.1 Å². The first kappa shape index (κ1) is 30.7. The Morgan fingerprint density at radius 1 is 0.800 bits per heavy atom. The molecule has 0 saturated heterocycles. The van der Waals surface area contributed by atoms with E-state index < -0.39 is 11.9 Å². The van der Waals surface area contributed by atoms with Crippen LogP contribution >= 0.6 is 0 Å². The molecule has 0 aliphatic heterocycles. The van der Waals surface area contributed by atoms with Gasteiger partial charge in [-0.1, -0.05) is 61.5 Å². The van der Waals surface area contributed by atoms with E-state index in [1.165, 1.54) is 0 Å². The van der Waals surface area contributed by atoms with Crippen molar-refractivity contribution in [1.82, 2.24) is 5.32 Å². The maximum atomic E-state index is 11.8. The van der Waals surface area contributed by atoms with Gasteiger partial charge in [-0.05, 0) is 62.7 Å². The molecule has 3 rings (SSSR count). The number of amides is 1. The molecule has 0 bridgehead atoms. The minimum absolute atomic E-state index is 0. The Balaban J connectivity index is 0.000000649. The fraction of sp³-hybridized carbons (Fsp3) is 0.222. The third-order valence-electron chi connectivity index (χ3n) is 4.71. The molecule has 3 aromatic rings. The first-order chi connectivity index (χ1) is 16.4. The molecular formula is C27H31KN2O5. The minimum Gasteiger partial charge on any atom is -1.00 e. The molecule has 1 amide bonds. The Morgan fingerprint density at radius 3 is 1.71 bits per heavy atom. The van der Waals surface area contributed by atoms with Gasteiger partial charge < -0.3 is 12.1 Å². The number of benzene rings is 3. The van der Waals surface area contributed by atoms with Gasteiger partial charge in [-0.3, -0.25) is 4.79 Å². The van der Waals surface area contributed by atoms with E-state index in [9.17, 15) is 14.4 Å². The second-order valence-corrected chi connectivity index (χ2v) is 7.45. The number of anilines is 1. The molecule has 0 aliphatic rings. The number of para-hydroxylation sites is 1.